The molecule has 1 saturated heterocycles. The molecule has 1 atom stereocenters. The van der Waals surface area contributed by atoms with Crippen LogP contribution in [0.25, 0.3) is 0 Å². The molecule has 1 N–H and O–H groups in total. The average molecular weight is 257 g/mol. The highest BCUT2D eigenvalue weighted by Gasteiger charge is 2.22. The summed E-state index contributed by atoms with van der Waals surface area (Å²) in [6.45, 7) is 5.21. The molecule has 0 amide bonds. The van der Waals surface area contributed by atoms with Gasteiger partial charge in [-0.25, -0.2) is 15.0 Å². The third kappa shape index (κ3) is 2.81. The number of aromatic amines is 1. The van der Waals surface area contributed by atoms with Crippen molar-refractivity contribution in [2.75, 3.05) is 13.1 Å². The number of piperidine rings is 1. The van der Waals surface area contributed by atoms with Gasteiger partial charge in [0.05, 0.1) is 12.0 Å². The summed E-state index contributed by atoms with van der Waals surface area (Å²) < 4.78 is 0. The highest BCUT2D eigenvalue weighted by Crippen LogP contribution is 2.26. The van der Waals surface area contributed by atoms with Crippen LogP contribution in [-0.4, -0.2) is 37.9 Å². The first-order valence-electron chi connectivity index (χ1n) is 6.80. The number of aromatic nitrogens is 4. The first kappa shape index (κ1) is 12.3. The number of hydrogen-bond acceptors (Lipinski definition) is 4. The molecule has 1 unspecified atom stereocenters. The van der Waals surface area contributed by atoms with E-state index in [1.54, 1.807) is 12.7 Å². The quantitative estimate of drug-likeness (QED) is 0.912. The van der Waals surface area contributed by atoms with Gasteiger partial charge >= 0.3 is 0 Å². The fraction of sp³-hybridized carbons (Fsp3) is 0.500. The van der Waals surface area contributed by atoms with Crippen LogP contribution >= 0.6 is 0 Å². The second-order valence-electron chi connectivity index (χ2n) is 5.18. The largest absolute Gasteiger partial charge is 0.348 e. The Morgan fingerprint density at radius 3 is 3.11 bits per heavy atom. The van der Waals surface area contributed by atoms with Crippen LogP contribution in [0.2, 0.25) is 0 Å². The fourth-order valence-corrected chi connectivity index (χ4v) is 2.74. The highest BCUT2D eigenvalue weighted by molar-refractivity contribution is 5.11. The first-order chi connectivity index (χ1) is 9.33. The maximum Gasteiger partial charge on any atom is 0.115 e. The molecular weight excluding hydrogens is 238 g/mol. The molecule has 2 aromatic rings. The number of likely N-dealkylation sites (tertiary alicyclic amines) is 1. The Balaban J connectivity index is 1.67. The molecule has 19 heavy (non-hydrogen) atoms. The van der Waals surface area contributed by atoms with Gasteiger partial charge in [-0.05, 0) is 32.4 Å². The molecular formula is C14H19N5. The summed E-state index contributed by atoms with van der Waals surface area (Å²) in [5.41, 5.74) is 3.49. The normalized spacial score (nSPS) is 20.6. The van der Waals surface area contributed by atoms with Gasteiger partial charge in [0.15, 0.2) is 0 Å². The summed E-state index contributed by atoms with van der Waals surface area (Å²) in [6.07, 6.45) is 7.69. The van der Waals surface area contributed by atoms with E-state index in [2.05, 4.69) is 31.8 Å². The number of nitrogens with zero attached hydrogens (tertiary/aromatic N) is 4. The smallest absolute Gasteiger partial charge is 0.115 e. The Bertz CT molecular complexity index is 522. The van der Waals surface area contributed by atoms with E-state index in [-0.39, 0.29) is 0 Å². The number of rotatable bonds is 3. The van der Waals surface area contributed by atoms with Crippen LogP contribution in [0.3, 0.4) is 0 Å². The van der Waals surface area contributed by atoms with Gasteiger partial charge in [0.1, 0.15) is 6.33 Å². The number of nitrogens with one attached hydrogen (secondary N) is 1. The monoisotopic (exact) mass is 257 g/mol. The average Bonchev–Trinajstić information content (AvgIpc) is 2.86. The summed E-state index contributed by atoms with van der Waals surface area (Å²) in [6, 6.07) is 2.04. The van der Waals surface area contributed by atoms with Crippen LogP contribution in [0.5, 0.6) is 0 Å². The van der Waals surface area contributed by atoms with E-state index in [1.165, 1.54) is 24.2 Å². The van der Waals surface area contributed by atoms with Crippen molar-refractivity contribution in [1.29, 1.82) is 0 Å². The SMILES string of the molecule is Cc1[nH]cnc1CN1CCCC(c2ccncn2)C1. The van der Waals surface area contributed by atoms with Crippen LogP contribution < -0.4 is 0 Å². The summed E-state index contributed by atoms with van der Waals surface area (Å²) in [5, 5.41) is 0. The standard InChI is InChI=1S/C14H19N5/c1-11-14(18-10-16-11)8-19-6-2-3-12(7-19)13-4-5-15-9-17-13/h4-5,9-10,12H,2-3,6-8H2,1H3,(H,16,18). The molecule has 0 bridgehead atoms. The van der Waals surface area contributed by atoms with E-state index >= 15 is 0 Å². The van der Waals surface area contributed by atoms with Crippen molar-refractivity contribution in [3.63, 3.8) is 0 Å². The van der Waals surface area contributed by atoms with Crippen molar-refractivity contribution in [2.45, 2.75) is 32.2 Å². The summed E-state index contributed by atoms with van der Waals surface area (Å²) >= 11 is 0. The molecule has 0 radical (unpaired) electrons. The van der Waals surface area contributed by atoms with Gasteiger partial charge in [-0.2, -0.15) is 0 Å². The zero-order valence-electron chi connectivity index (χ0n) is 11.2. The van der Waals surface area contributed by atoms with E-state index in [4.69, 9.17) is 0 Å². The second-order valence-corrected chi connectivity index (χ2v) is 5.18. The van der Waals surface area contributed by atoms with Gasteiger partial charge in [-0.3, -0.25) is 4.90 Å². The molecule has 0 aliphatic carbocycles. The van der Waals surface area contributed by atoms with Crippen molar-refractivity contribution < 1.29 is 0 Å². The van der Waals surface area contributed by atoms with E-state index in [0.29, 0.717) is 5.92 Å². The van der Waals surface area contributed by atoms with Crippen LogP contribution in [0.1, 0.15) is 35.8 Å². The van der Waals surface area contributed by atoms with Gasteiger partial charge in [0.2, 0.25) is 0 Å². The Morgan fingerprint density at radius 2 is 2.37 bits per heavy atom. The zero-order valence-corrected chi connectivity index (χ0v) is 11.2. The van der Waals surface area contributed by atoms with Crippen molar-refractivity contribution in [1.82, 2.24) is 24.8 Å². The molecule has 100 valence electrons. The van der Waals surface area contributed by atoms with Crippen LogP contribution in [0.4, 0.5) is 0 Å². The third-order valence-electron chi connectivity index (χ3n) is 3.84. The lowest BCUT2D eigenvalue weighted by atomic mass is 9.94. The van der Waals surface area contributed by atoms with Crippen molar-refractivity contribution in [3.8, 4) is 0 Å². The molecule has 0 spiro atoms. The Morgan fingerprint density at radius 1 is 1.42 bits per heavy atom. The Hall–Kier alpha value is -1.75. The minimum atomic E-state index is 0.524. The lowest BCUT2D eigenvalue weighted by Gasteiger charge is -2.32. The molecule has 0 saturated carbocycles. The number of aryl methyl sites for hydroxylation is 1. The molecule has 1 aliphatic rings. The Kier molecular flexibility index (Phi) is 3.55. The van der Waals surface area contributed by atoms with Gasteiger partial charge in [0.25, 0.3) is 0 Å². The van der Waals surface area contributed by atoms with E-state index in [1.807, 2.05) is 12.3 Å². The minimum Gasteiger partial charge on any atom is -0.348 e. The van der Waals surface area contributed by atoms with Crippen molar-refractivity contribution in [2.24, 2.45) is 0 Å². The van der Waals surface area contributed by atoms with Gasteiger partial charge in [-0.1, -0.05) is 0 Å². The molecule has 3 rings (SSSR count). The van der Waals surface area contributed by atoms with E-state index in [0.717, 1.165) is 25.3 Å². The molecule has 0 aromatic carbocycles. The predicted molar refractivity (Wildman–Crippen MR) is 72.6 cm³/mol. The maximum atomic E-state index is 4.39. The molecule has 5 heteroatoms. The summed E-state index contributed by atoms with van der Waals surface area (Å²) in [4.78, 5) is 18.4. The summed E-state index contributed by atoms with van der Waals surface area (Å²) in [5.74, 6) is 0.524. The molecule has 2 aromatic heterocycles. The van der Waals surface area contributed by atoms with E-state index in [9.17, 15) is 0 Å². The number of H-pyrrole nitrogens is 1. The molecule has 3 heterocycles. The lowest BCUT2D eigenvalue weighted by molar-refractivity contribution is 0.196. The topological polar surface area (TPSA) is 57.7 Å². The van der Waals surface area contributed by atoms with Gasteiger partial charge in [0, 0.05) is 36.6 Å². The summed E-state index contributed by atoms with van der Waals surface area (Å²) in [7, 11) is 0. The van der Waals surface area contributed by atoms with Crippen LogP contribution in [-0.2, 0) is 6.54 Å². The van der Waals surface area contributed by atoms with Gasteiger partial charge in [-0.15, -0.1) is 0 Å². The maximum absolute atomic E-state index is 4.39. The van der Waals surface area contributed by atoms with Crippen LogP contribution in [0.15, 0.2) is 24.9 Å². The minimum absolute atomic E-state index is 0.524. The van der Waals surface area contributed by atoms with E-state index < -0.39 is 0 Å². The second kappa shape index (κ2) is 5.48. The first-order valence-corrected chi connectivity index (χ1v) is 6.80. The van der Waals surface area contributed by atoms with Crippen molar-refractivity contribution in [3.05, 3.63) is 42.0 Å². The number of imidazole rings is 1. The lowest BCUT2D eigenvalue weighted by Crippen LogP contribution is -2.34. The Labute approximate surface area is 113 Å². The van der Waals surface area contributed by atoms with Gasteiger partial charge < -0.3 is 4.98 Å². The predicted octanol–water partition coefficient (Wildman–Crippen LogP) is 1.89. The molecule has 5 nitrogen and oxygen atoms in total. The van der Waals surface area contributed by atoms with Crippen LogP contribution in [0, 0.1) is 6.92 Å². The van der Waals surface area contributed by atoms with Crippen molar-refractivity contribution >= 4 is 0 Å². The highest BCUT2D eigenvalue weighted by atomic mass is 15.1. The molecule has 1 fully saturated rings. The fourth-order valence-electron chi connectivity index (χ4n) is 2.74. The third-order valence-corrected chi connectivity index (χ3v) is 3.84. The molecule has 1 aliphatic heterocycles. The number of hydrogen-bond donors (Lipinski definition) is 1. The zero-order chi connectivity index (χ0) is 13.1.